The van der Waals surface area contributed by atoms with Crippen molar-refractivity contribution in [1.82, 2.24) is 0 Å². The van der Waals surface area contributed by atoms with Gasteiger partial charge in [0.2, 0.25) is 0 Å². The Morgan fingerprint density at radius 1 is 1.30 bits per heavy atom. The fourth-order valence-corrected chi connectivity index (χ4v) is 4.65. The number of benzene rings is 1. The van der Waals surface area contributed by atoms with Crippen LogP contribution in [0.15, 0.2) is 28.7 Å². The summed E-state index contributed by atoms with van der Waals surface area (Å²) >= 11 is 3.58. The molecular weight excluding hydrogens is 316 g/mol. The van der Waals surface area contributed by atoms with E-state index in [1.807, 2.05) is 31.2 Å². The second-order valence-corrected chi connectivity index (χ2v) is 7.41. The first kappa shape index (κ1) is 14.6. The second-order valence-electron chi connectivity index (χ2n) is 6.56. The highest BCUT2D eigenvalue weighted by Crippen LogP contribution is 2.48. The van der Waals surface area contributed by atoms with E-state index < -0.39 is 5.60 Å². The van der Waals surface area contributed by atoms with Gasteiger partial charge in [0.15, 0.2) is 0 Å². The van der Waals surface area contributed by atoms with E-state index >= 15 is 0 Å². The number of rotatable bonds is 2. The SMILES string of the molecule is CC(O)(c1ccccc1Br)C1CCOC2(CCCC2)C1. The van der Waals surface area contributed by atoms with Gasteiger partial charge in [-0.2, -0.15) is 0 Å². The molecule has 0 aromatic heterocycles. The zero-order valence-electron chi connectivity index (χ0n) is 12.1. The average molecular weight is 339 g/mol. The second kappa shape index (κ2) is 5.43. The molecule has 20 heavy (non-hydrogen) atoms. The normalized spacial score (nSPS) is 28.4. The minimum Gasteiger partial charge on any atom is -0.385 e. The van der Waals surface area contributed by atoms with Crippen molar-refractivity contribution in [3.8, 4) is 0 Å². The largest absolute Gasteiger partial charge is 0.385 e. The summed E-state index contributed by atoms with van der Waals surface area (Å²) in [6, 6.07) is 8.03. The maximum atomic E-state index is 11.1. The molecule has 110 valence electrons. The molecule has 0 amide bonds. The highest BCUT2D eigenvalue weighted by Gasteiger charge is 2.46. The number of hydrogen-bond donors (Lipinski definition) is 1. The molecule has 3 heteroatoms. The van der Waals surface area contributed by atoms with E-state index in [2.05, 4.69) is 15.9 Å². The maximum absolute atomic E-state index is 11.1. The van der Waals surface area contributed by atoms with Crippen LogP contribution in [0.1, 0.15) is 51.0 Å². The van der Waals surface area contributed by atoms with Crippen LogP contribution in [0.3, 0.4) is 0 Å². The van der Waals surface area contributed by atoms with Crippen LogP contribution in [0.25, 0.3) is 0 Å². The zero-order chi connectivity index (χ0) is 14.2. The van der Waals surface area contributed by atoms with Gasteiger partial charge in [0.1, 0.15) is 0 Å². The summed E-state index contributed by atoms with van der Waals surface area (Å²) in [5.41, 5.74) is 0.258. The predicted molar refractivity (Wildman–Crippen MR) is 83.6 cm³/mol. The van der Waals surface area contributed by atoms with Gasteiger partial charge >= 0.3 is 0 Å². The number of aliphatic hydroxyl groups is 1. The van der Waals surface area contributed by atoms with Crippen molar-refractivity contribution in [2.24, 2.45) is 5.92 Å². The van der Waals surface area contributed by atoms with Crippen molar-refractivity contribution >= 4 is 15.9 Å². The van der Waals surface area contributed by atoms with E-state index in [-0.39, 0.29) is 11.5 Å². The van der Waals surface area contributed by atoms with Crippen molar-refractivity contribution < 1.29 is 9.84 Å². The Balaban J connectivity index is 1.85. The maximum Gasteiger partial charge on any atom is 0.0909 e. The Kier molecular flexibility index (Phi) is 3.95. The van der Waals surface area contributed by atoms with Gasteiger partial charge in [-0.3, -0.25) is 0 Å². The first-order valence-corrected chi connectivity index (χ1v) is 8.44. The third-order valence-corrected chi connectivity index (χ3v) is 5.91. The van der Waals surface area contributed by atoms with E-state index in [0.29, 0.717) is 0 Å². The lowest BCUT2D eigenvalue weighted by atomic mass is 9.73. The van der Waals surface area contributed by atoms with Gasteiger partial charge in [0.25, 0.3) is 0 Å². The molecule has 2 fully saturated rings. The molecule has 2 atom stereocenters. The molecule has 0 radical (unpaired) electrons. The molecule has 2 nitrogen and oxygen atoms in total. The fourth-order valence-electron chi connectivity index (χ4n) is 3.97. The van der Waals surface area contributed by atoms with Gasteiger partial charge in [-0.05, 0) is 50.2 Å². The molecule has 1 aliphatic heterocycles. The van der Waals surface area contributed by atoms with Crippen LogP contribution >= 0.6 is 15.9 Å². The number of halogens is 1. The minimum atomic E-state index is -0.792. The molecule has 1 aromatic carbocycles. The van der Waals surface area contributed by atoms with Crippen LogP contribution in [-0.4, -0.2) is 17.3 Å². The standard InChI is InChI=1S/C17H23BrO2/c1-16(19,14-6-2-3-7-15(14)18)13-8-11-20-17(12-13)9-4-5-10-17/h2-3,6-7,13,19H,4-5,8-12H2,1H3. The monoisotopic (exact) mass is 338 g/mol. The van der Waals surface area contributed by atoms with E-state index in [9.17, 15) is 5.11 Å². The van der Waals surface area contributed by atoms with Gasteiger partial charge < -0.3 is 9.84 Å². The quantitative estimate of drug-likeness (QED) is 0.866. The highest BCUT2D eigenvalue weighted by atomic mass is 79.9. The topological polar surface area (TPSA) is 29.5 Å². The molecule has 1 saturated heterocycles. The summed E-state index contributed by atoms with van der Waals surface area (Å²) in [6.45, 7) is 2.75. The Hall–Kier alpha value is -0.380. The molecule has 1 N–H and O–H groups in total. The Morgan fingerprint density at radius 3 is 2.70 bits per heavy atom. The molecule has 1 aromatic rings. The van der Waals surface area contributed by atoms with Crippen LogP contribution in [0, 0.1) is 5.92 Å². The van der Waals surface area contributed by atoms with Crippen LogP contribution in [0.2, 0.25) is 0 Å². The molecule has 1 aliphatic carbocycles. The summed E-state index contributed by atoms with van der Waals surface area (Å²) in [7, 11) is 0. The van der Waals surface area contributed by atoms with Gasteiger partial charge in [-0.25, -0.2) is 0 Å². The van der Waals surface area contributed by atoms with E-state index in [1.54, 1.807) is 0 Å². The predicted octanol–water partition coefficient (Wildman–Crippen LogP) is 4.40. The first-order valence-electron chi connectivity index (χ1n) is 7.65. The number of hydrogen-bond acceptors (Lipinski definition) is 2. The summed E-state index contributed by atoms with van der Waals surface area (Å²) < 4.78 is 7.09. The van der Waals surface area contributed by atoms with Crippen molar-refractivity contribution in [1.29, 1.82) is 0 Å². The Labute approximate surface area is 129 Å². The highest BCUT2D eigenvalue weighted by molar-refractivity contribution is 9.10. The third kappa shape index (κ3) is 2.56. The lowest BCUT2D eigenvalue weighted by Crippen LogP contribution is -2.44. The summed E-state index contributed by atoms with van der Waals surface area (Å²) in [5, 5.41) is 11.1. The van der Waals surface area contributed by atoms with Crippen LogP contribution < -0.4 is 0 Å². The minimum absolute atomic E-state index is 0.0498. The molecule has 2 unspecified atom stereocenters. The van der Waals surface area contributed by atoms with Gasteiger partial charge in [-0.1, -0.05) is 47.0 Å². The Morgan fingerprint density at radius 2 is 2.00 bits per heavy atom. The van der Waals surface area contributed by atoms with Gasteiger partial charge in [0.05, 0.1) is 11.2 Å². The number of ether oxygens (including phenoxy) is 1. The summed E-state index contributed by atoms with van der Waals surface area (Å²) in [5.74, 6) is 0.271. The molecule has 2 aliphatic rings. The first-order chi connectivity index (χ1) is 9.54. The summed E-state index contributed by atoms with van der Waals surface area (Å²) in [6.07, 6.45) is 6.79. The average Bonchev–Trinajstić information content (AvgIpc) is 2.87. The van der Waals surface area contributed by atoms with E-state index in [4.69, 9.17) is 4.74 Å². The zero-order valence-corrected chi connectivity index (χ0v) is 13.7. The van der Waals surface area contributed by atoms with Crippen molar-refractivity contribution in [3.05, 3.63) is 34.3 Å². The molecule has 0 bridgehead atoms. The van der Waals surface area contributed by atoms with Gasteiger partial charge in [0, 0.05) is 11.1 Å². The van der Waals surface area contributed by atoms with E-state index in [1.165, 1.54) is 12.8 Å². The lowest BCUT2D eigenvalue weighted by molar-refractivity contribution is -0.138. The Bertz CT molecular complexity index is 478. The molecule has 1 spiro atoms. The van der Waals surface area contributed by atoms with Crippen molar-refractivity contribution in [2.75, 3.05) is 6.61 Å². The lowest BCUT2D eigenvalue weighted by Gasteiger charge is -2.44. The summed E-state index contributed by atoms with van der Waals surface area (Å²) in [4.78, 5) is 0. The fraction of sp³-hybridized carbons (Fsp3) is 0.647. The van der Waals surface area contributed by atoms with Crippen LogP contribution in [0.4, 0.5) is 0 Å². The van der Waals surface area contributed by atoms with Crippen LogP contribution in [0.5, 0.6) is 0 Å². The van der Waals surface area contributed by atoms with Crippen molar-refractivity contribution in [2.45, 2.75) is 56.7 Å². The molecule has 1 heterocycles. The van der Waals surface area contributed by atoms with E-state index in [0.717, 1.165) is 42.3 Å². The third-order valence-electron chi connectivity index (χ3n) is 5.22. The van der Waals surface area contributed by atoms with Crippen molar-refractivity contribution in [3.63, 3.8) is 0 Å². The molecular formula is C17H23BrO2. The van der Waals surface area contributed by atoms with Gasteiger partial charge in [-0.15, -0.1) is 0 Å². The molecule has 3 rings (SSSR count). The molecule has 1 saturated carbocycles. The smallest absolute Gasteiger partial charge is 0.0909 e. The van der Waals surface area contributed by atoms with Crippen LogP contribution in [-0.2, 0) is 10.3 Å².